The molecular weight excluding hydrogens is 414 g/mol. The van der Waals surface area contributed by atoms with E-state index >= 15 is 0 Å². The Bertz CT molecular complexity index is 817. The van der Waals surface area contributed by atoms with Crippen molar-refractivity contribution < 1.29 is 9.59 Å². The number of nitrogens with one attached hydrogen (secondary N) is 1. The molecule has 1 aliphatic carbocycles. The van der Waals surface area contributed by atoms with Crippen LogP contribution in [0.4, 0.5) is 0 Å². The SMILES string of the molecule is CCC[C@@H]1C[C@H](N(CC)CC)CC[C@@H]1N1CCC(NC(=O)c2ccnc(C(C)(C)C)n2)C1=O. The van der Waals surface area contributed by atoms with E-state index in [1.165, 1.54) is 0 Å². The molecule has 33 heavy (non-hydrogen) atoms. The molecular formula is C26H43N5O2. The van der Waals surface area contributed by atoms with Crippen LogP contribution in [0, 0.1) is 5.92 Å². The highest BCUT2D eigenvalue weighted by Crippen LogP contribution is 2.36. The van der Waals surface area contributed by atoms with Gasteiger partial charge >= 0.3 is 0 Å². The van der Waals surface area contributed by atoms with Crippen LogP contribution in [0.3, 0.4) is 0 Å². The van der Waals surface area contributed by atoms with Crippen molar-refractivity contribution >= 4 is 11.8 Å². The third-order valence-corrected chi connectivity index (χ3v) is 7.41. The summed E-state index contributed by atoms with van der Waals surface area (Å²) in [5.41, 5.74) is 0.0823. The van der Waals surface area contributed by atoms with E-state index in [9.17, 15) is 9.59 Å². The zero-order valence-electron chi connectivity index (χ0n) is 21.4. The second kappa shape index (κ2) is 10.9. The van der Waals surface area contributed by atoms with Gasteiger partial charge in [0.1, 0.15) is 17.6 Å². The predicted molar refractivity (Wildman–Crippen MR) is 131 cm³/mol. The van der Waals surface area contributed by atoms with Crippen LogP contribution in [0.15, 0.2) is 12.3 Å². The summed E-state index contributed by atoms with van der Waals surface area (Å²) in [6.45, 7) is 15.7. The minimum atomic E-state index is -0.465. The largest absolute Gasteiger partial charge is 0.339 e. The van der Waals surface area contributed by atoms with E-state index in [2.05, 4.69) is 45.9 Å². The fourth-order valence-electron chi connectivity index (χ4n) is 5.63. The van der Waals surface area contributed by atoms with E-state index in [1.807, 2.05) is 20.8 Å². The van der Waals surface area contributed by atoms with E-state index < -0.39 is 6.04 Å². The summed E-state index contributed by atoms with van der Waals surface area (Å²) in [5.74, 6) is 0.935. The van der Waals surface area contributed by atoms with Crippen LogP contribution in [0.5, 0.6) is 0 Å². The van der Waals surface area contributed by atoms with Gasteiger partial charge < -0.3 is 15.1 Å². The number of aromatic nitrogens is 2. The Morgan fingerprint density at radius 3 is 2.55 bits per heavy atom. The molecule has 1 aromatic heterocycles. The molecule has 2 heterocycles. The van der Waals surface area contributed by atoms with Gasteiger partial charge in [0.2, 0.25) is 5.91 Å². The van der Waals surface area contributed by atoms with Gasteiger partial charge in [0, 0.05) is 30.2 Å². The zero-order valence-corrected chi connectivity index (χ0v) is 21.4. The molecule has 184 valence electrons. The molecule has 0 radical (unpaired) electrons. The molecule has 0 aromatic carbocycles. The Morgan fingerprint density at radius 1 is 1.18 bits per heavy atom. The summed E-state index contributed by atoms with van der Waals surface area (Å²) in [6, 6.07) is 2.06. The lowest BCUT2D eigenvalue weighted by molar-refractivity contribution is -0.133. The zero-order chi connectivity index (χ0) is 24.2. The first-order valence-corrected chi connectivity index (χ1v) is 12.9. The monoisotopic (exact) mass is 457 g/mol. The maximum absolute atomic E-state index is 13.3. The summed E-state index contributed by atoms with van der Waals surface area (Å²) in [5, 5.41) is 2.96. The summed E-state index contributed by atoms with van der Waals surface area (Å²) < 4.78 is 0. The highest BCUT2D eigenvalue weighted by Gasteiger charge is 2.42. The molecule has 1 aliphatic heterocycles. The Labute approximate surface area is 199 Å². The smallest absolute Gasteiger partial charge is 0.270 e. The maximum Gasteiger partial charge on any atom is 0.270 e. The molecule has 2 amide bonds. The molecule has 7 nitrogen and oxygen atoms in total. The molecule has 0 bridgehead atoms. The summed E-state index contributed by atoms with van der Waals surface area (Å²) in [4.78, 5) is 39.6. The minimum Gasteiger partial charge on any atom is -0.339 e. The van der Waals surface area contributed by atoms with Crippen LogP contribution >= 0.6 is 0 Å². The minimum absolute atomic E-state index is 0.0702. The van der Waals surface area contributed by atoms with Gasteiger partial charge in [-0.1, -0.05) is 48.0 Å². The van der Waals surface area contributed by atoms with Gasteiger partial charge in [-0.2, -0.15) is 0 Å². The number of hydrogen-bond acceptors (Lipinski definition) is 5. The van der Waals surface area contributed by atoms with Crippen molar-refractivity contribution in [1.82, 2.24) is 25.1 Å². The van der Waals surface area contributed by atoms with E-state index in [4.69, 9.17) is 0 Å². The first-order valence-electron chi connectivity index (χ1n) is 12.9. The van der Waals surface area contributed by atoms with E-state index in [0.29, 0.717) is 29.9 Å². The number of hydrogen-bond donors (Lipinski definition) is 1. The van der Waals surface area contributed by atoms with Crippen LogP contribution < -0.4 is 5.32 Å². The van der Waals surface area contributed by atoms with Crippen LogP contribution in [0.2, 0.25) is 0 Å². The van der Waals surface area contributed by atoms with Crippen LogP contribution in [-0.2, 0) is 10.2 Å². The van der Waals surface area contributed by atoms with Crippen LogP contribution in [0.25, 0.3) is 0 Å². The van der Waals surface area contributed by atoms with Gasteiger partial charge in [0.15, 0.2) is 0 Å². The second-order valence-electron chi connectivity index (χ2n) is 10.7. The normalized spacial score (nSPS) is 26.2. The lowest BCUT2D eigenvalue weighted by atomic mass is 9.78. The first-order chi connectivity index (χ1) is 15.7. The Morgan fingerprint density at radius 2 is 1.91 bits per heavy atom. The second-order valence-corrected chi connectivity index (χ2v) is 10.7. The molecule has 1 aromatic rings. The fraction of sp³-hybridized carbons (Fsp3) is 0.769. The highest BCUT2D eigenvalue weighted by atomic mass is 16.2. The lowest BCUT2D eigenvalue weighted by Crippen LogP contribution is -2.51. The van der Waals surface area contributed by atoms with Crippen molar-refractivity contribution in [3.8, 4) is 0 Å². The fourth-order valence-corrected chi connectivity index (χ4v) is 5.63. The Hall–Kier alpha value is -2.02. The molecule has 7 heteroatoms. The van der Waals surface area contributed by atoms with Gasteiger partial charge in [0.05, 0.1) is 0 Å². The molecule has 1 saturated heterocycles. The number of likely N-dealkylation sites (tertiary alicyclic amines) is 1. The molecule has 4 atom stereocenters. The molecule has 1 N–H and O–H groups in total. The van der Waals surface area contributed by atoms with E-state index in [1.54, 1.807) is 12.3 Å². The van der Waals surface area contributed by atoms with Crippen molar-refractivity contribution in [1.29, 1.82) is 0 Å². The molecule has 1 unspecified atom stereocenters. The average Bonchev–Trinajstić information content (AvgIpc) is 3.14. The number of rotatable bonds is 8. The highest BCUT2D eigenvalue weighted by molar-refractivity contribution is 5.96. The first kappa shape index (κ1) is 25.6. The van der Waals surface area contributed by atoms with Crippen molar-refractivity contribution in [2.24, 2.45) is 5.92 Å². The third kappa shape index (κ3) is 5.92. The van der Waals surface area contributed by atoms with Crippen molar-refractivity contribution in [3.05, 3.63) is 23.8 Å². The summed E-state index contributed by atoms with van der Waals surface area (Å²) in [6.07, 6.45) is 7.93. The number of amides is 2. The molecule has 3 rings (SSSR count). The predicted octanol–water partition coefficient (Wildman–Crippen LogP) is 3.78. The quantitative estimate of drug-likeness (QED) is 0.643. The topological polar surface area (TPSA) is 78.4 Å². The lowest BCUT2D eigenvalue weighted by Gasteiger charge is -2.44. The van der Waals surface area contributed by atoms with Gasteiger partial charge in [-0.3, -0.25) is 9.59 Å². The molecule has 2 fully saturated rings. The standard InChI is InChI=1S/C26H43N5O2/c1-7-10-18-17-19(30(8-2)9-3)11-12-22(18)31-16-14-21(24(31)33)28-23(32)20-13-15-27-25(29-20)26(4,5)6/h13,15,18-19,21-22H,7-12,14,16-17H2,1-6H3,(H,28,32)/t18-,19-,21?,22+/m1/s1. The van der Waals surface area contributed by atoms with Crippen LogP contribution in [-0.4, -0.2) is 69.3 Å². The number of carbonyl (C=O) groups is 2. The van der Waals surface area contributed by atoms with Gasteiger partial charge in [-0.05, 0) is 57.2 Å². The van der Waals surface area contributed by atoms with Crippen LogP contribution in [0.1, 0.15) is 96.4 Å². The average molecular weight is 458 g/mol. The molecule has 2 aliphatic rings. The molecule has 0 spiro atoms. The van der Waals surface area contributed by atoms with E-state index in [0.717, 1.165) is 51.7 Å². The van der Waals surface area contributed by atoms with Gasteiger partial charge in [-0.25, -0.2) is 9.97 Å². The van der Waals surface area contributed by atoms with Gasteiger partial charge in [-0.15, -0.1) is 0 Å². The summed E-state index contributed by atoms with van der Waals surface area (Å²) in [7, 11) is 0. The van der Waals surface area contributed by atoms with Crippen molar-refractivity contribution in [2.75, 3.05) is 19.6 Å². The third-order valence-electron chi connectivity index (χ3n) is 7.41. The number of nitrogens with zero attached hydrogens (tertiary/aromatic N) is 4. The Kier molecular flexibility index (Phi) is 8.48. The molecule has 1 saturated carbocycles. The van der Waals surface area contributed by atoms with Crippen molar-refractivity contribution in [3.63, 3.8) is 0 Å². The Balaban J connectivity index is 1.66. The maximum atomic E-state index is 13.3. The van der Waals surface area contributed by atoms with E-state index in [-0.39, 0.29) is 23.3 Å². The summed E-state index contributed by atoms with van der Waals surface area (Å²) >= 11 is 0. The van der Waals surface area contributed by atoms with Crippen molar-refractivity contribution in [2.45, 2.75) is 104 Å². The number of carbonyl (C=O) groups excluding carboxylic acids is 2. The van der Waals surface area contributed by atoms with Gasteiger partial charge in [0.25, 0.3) is 5.91 Å².